The van der Waals surface area contributed by atoms with Crippen LogP contribution in [-0.4, -0.2) is 18.7 Å². The number of rotatable bonds is 12. The summed E-state index contributed by atoms with van der Waals surface area (Å²) >= 11 is 0. The fraction of sp³-hybridized carbons (Fsp3) is 0.857. The normalized spacial score (nSPS) is 10.2. The minimum atomic E-state index is 0.182. The van der Waals surface area contributed by atoms with Gasteiger partial charge in [-0.25, -0.2) is 0 Å². The quantitative estimate of drug-likeness (QED) is 0.421. The lowest BCUT2D eigenvalue weighted by molar-refractivity contribution is -0.121. The molecule has 100 valence electrons. The molecule has 0 aromatic carbocycles. The molecule has 17 heavy (non-hydrogen) atoms. The number of hydrogen-bond acceptors (Lipinski definition) is 2. The summed E-state index contributed by atoms with van der Waals surface area (Å²) < 4.78 is 0. The van der Waals surface area contributed by atoms with Gasteiger partial charge in [-0.3, -0.25) is 4.79 Å². The molecule has 0 aromatic rings. The largest absolute Gasteiger partial charge is 0.356 e. The highest BCUT2D eigenvalue weighted by Gasteiger charge is 1.98. The van der Waals surface area contributed by atoms with E-state index in [0.29, 0.717) is 12.8 Å². The van der Waals surface area contributed by atoms with Gasteiger partial charge in [0.2, 0.25) is 5.91 Å². The molecule has 0 radical (unpaired) electrons. The van der Waals surface area contributed by atoms with E-state index in [-0.39, 0.29) is 5.91 Å². The lowest BCUT2D eigenvalue weighted by Crippen LogP contribution is -2.21. The van der Waals surface area contributed by atoms with Gasteiger partial charge in [0.05, 0.1) is 0 Å². The van der Waals surface area contributed by atoms with E-state index in [0.717, 1.165) is 32.1 Å². The lowest BCUT2D eigenvalue weighted by atomic mass is 10.1. The fourth-order valence-corrected chi connectivity index (χ4v) is 1.86. The second-order valence-corrected chi connectivity index (χ2v) is 4.49. The molecule has 0 unspecified atom stereocenters. The van der Waals surface area contributed by atoms with E-state index in [1.807, 2.05) is 6.92 Å². The molecule has 0 fully saturated rings. The van der Waals surface area contributed by atoms with Crippen molar-refractivity contribution >= 4 is 12.2 Å². The van der Waals surface area contributed by atoms with Crippen LogP contribution in [0.1, 0.15) is 71.1 Å². The fourth-order valence-electron chi connectivity index (χ4n) is 1.86. The van der Waals surface area contributed by atoms with Gasteiger partial charge in [0.1, 0.15) is 6.29 Å². The third-order valence-electron chi connectivity index (χ3n) is 2.85. The topological polar surface area (TPSA) is 46.2 Å². The molecule has 0 aliphatic carbocycles. The maximum absolute atomic E-state index is 11.1. The van der Waals surface area contributed by atoms with Crippen LogP contribution in [0.25, 0.3) is 0 Å². The first-order valence-corrected chi connectivity index (χ1v) is 7.01. The van der Waals surface area contributed by atoms with Gasteiger partial charge in [-0.1, -0.05) is 38.5 Å². The highest BCUT2D eigenvalue weighted by molar-refractivity contribution is 5.75. The van der Waals surface area contributed by atoms with Crippen molar-refractivity contribution in [3.63, 3.8) is 0 Å². The molecular formula is C14H27NO2. The summed E-state index contributed by atoms with van der Waals surface area (Å²) in [7, 11) is 0. The minimum Gasteiger partial charge on any atom is -0.356 e. The highest BCUT2D eigenvalue weighted by Crippen LogP contribution is 2.10. The first kappa shape index (κ1) is 16.1. The molecule has 0 spiro atoms. The monoisotopic (exact) mass is 241 g/mol. The van der Waals surface area contributed by atoms with Crippen molar-refractivity contribution in [2.45, 2.75) is 71.1 Å². The van der Waals surface area contributed by atoms with Crippen LogP contribution in [0.3, 0.4) is 0 Å². The molecule has 0 rings (SSSR count). The first-order valence-electron chi connectivity index (χ1n) is 7.01. The van der Waals surface area contributed by atoms with Crippen molar-refractivity contribution in [3.05, 3.63) is 0 Å². The zero-order chi connectivity index (χ0) is 12.8. The molecule has 0 bridgehead atoms. The molecule has 0 aromatic heterocycles. The Morgan fingerprint density at radius 3 is 2.00 bits per heavy atom. The van der Waals surface area contributed by atoms with E-state index in [9.17, 15) is 9.59 Å². The Kier molecular flexibility index (Phi) is 12.5. The smallest absolute Gasteiger partial charge is 0.219 e. The molecule has 3 heteroatoms. The van der Waals surface area contributed by atoms with Crippen molar-refractivity contribution in [2.75, 3.05) is 6.54 Å². The Labute approximate surface area is 105 Å². The second-order valence-electron chi connectivity index (χ2n) is 4.49. The van der Waals surface area contributed by atoms with Crippen LogP contribution in [0.2, 0.25) is 0 Å². The van der Waals surface area contributed by atoms with Gasteiger partial charge in [0, 0.05) is 19.4 Å². The minimum absolute atomic E-state index is 0.182. The Balaban J connectivity index is 3.03. The molecule has 0 aliphatic heterocycles. The average Bonchev–Trinajstić information content (AvgIpc) is 2.32. The number of carbonyl (C=O) groups excluding carboxylic acids is 2. The van der Waals surface area contributed by atoms with Gasteiger partial charge in [-0.05, 0) is 19.8 Å². The van der Waals surface area contributed by atoms with E-state index in [2.05, 4.69) is 5.32 Å². The number of carbonyl (C=O) groups is 2. The van der Waals surface area contributed by atoms with E-state index < -0.39 is 0 Å². The van der Waals surface area contributed by atoms with Crippen molar-refractivity contribution in [1.29, 1.82) is 0 Å². The first-order chi connectivity index (χ1) is 8.31. The van der Waals surface area contributed by atoms with Crippen molar-refractivity contribution in [1.82, 2.24) is 5.32 Å². The van der Waals surface area contributed by atoms with Gasteiger partial charge in [-0.2, -0.15) is 0 Å². The van der Waals surface area contributed by atoms with E-state index in [1.165, 1.54) is 32.1 Å². The van der Waals surface area contributed by atoms with Crippen LogP contribution in [0.15, 0.2) is 0 Å². The SMILES string of the molecule is CCNC(=O)CCCCCCCCCCC=O. The zero-order valence-electron chi connectivity index (χ0n) is 11.2. The van der Waals surface area contributed by atoms with Crippen molar-refractivity contribution in [3.8, 4) is 0 Å². The van der Waals surface area contributed by atoms with Gasteiger partial charge >= 0.3 is 0 Å². The highest BCUT2D eigenvalue weighted by atomic mass is 16.1. The Bertz CT molecular complexity index is 193. The van der Waals surface area contributed by atoms with Crippen LogP contribution < -0.4 is 5.32 Å². The molecule has 0 saturated heterocycles. The molecule has 0 aliphatic rings. The number of aldehydes is 1. The Morgan fingerprint density at radius 1 is 0.941 bits per heavy atom. The summed E-state index contributed by atoms with van der Waals surface area (Å²) in [6, 6.07) is 0. The molecular weight excluding hydrogens is 214 g/mol. The van der Waals surface area contributed by atoms with Gasteiger partial charge in [-0.15, -0.1) is 0 Å². The van der Waals surface area contributed by atoms with E-state index >= 15 is 0 Å². The Hall–Kier alpha value is -0.860. The van der Waals surface area contributed by atoms with E-state index in [1.54, 1.807) is 0 Å². The summed E-state index contributed by atoms with van der Waals surface area (Å²) in [6.07, 6.45) is 11.8. The van der Waals surface area contributed by atoms with Crippen LogP contribution in [-0.2, 0) is 9.59 Å². The summed E-state index contributed by atoms with van der Waals surface area (Å²) in [4.78, 5) is 21.2. The van der Waals surface area contributed by atoms with Gasteiger partial charge < -0.3 is 10.1 Å². The summed E-state index contributed by atoms with van der Waals surface area (Å²) in [6.45, 7) is 2.68. The summed E-state index contributed by atoms with van der Waals surface area (Å²) in [5.74, 6) is 0.182. The Morgan fingerprint density at radius 2 is 1.47 bits per heavy atom. The second kappa shape index (κ2) is 13.2. The number of amides is 1. The molecule has 0 heterocycles. The maximum Gasteiger partial charge on any atom is 0.219 e. The number of nitrogens with one attached hydrogen (secondary N) is 1. The van der Waals surface area contributed by atoms with Crippen LogP contribution in [0, 0.1) is 0 Å². The molecule has 0 atom stereocenters. The third-order valence-corrected chi connectivity index (χ3v) is 2.85. The number of hydrogen-bond donors (Lipinski definition) is 1. The molecule has 0 saturated carbocycles. The summed E-state index contributed by atoms with van der Waals surface area (Å²) in [5.41, 5.74) is 0. The average molecular weight is 241 g/mol. The molecule has 1 N–H and O–H groups in total. The molecule has 3 nitrogen and oxygen atoms in total. The van der Waals surface area contributed by atoms with Crippen LogP contribution >= 0.6 is 0 Å². The predicted octanol–water partition coefficient (Wildman–Crippen LogP) is 3.22. The zero-order valence-corrected chi connectivity index (χ0v) is 11.2. The predicted molar refractivity (Wildman–Crippen MR) is 70.9 cm³/mol. The van der Waals surface area contributed by atoms with Crippen LogP contribution in [0.4, 0.5) is 0 Å². The van der Waals surface area contributed by atoms with Crippen molar-refractivity contribution < 1.29 is 9.59 Å². The van der Waals surface area contributed by atoms with Gasteiger partial charge in [0.25, 0.3) is 0 Å². The van der Waals surface area contributed by atoms with Gasteiger partial charge in [0.15, 0.2) is 0 Å². The van der Waals surface area contributed by atoms with Crippen LogP contribution in [0.5, 0.6) is 0 Å². The summed E-state index contributed by atoms with van der Waals surface area (Å²) in [5, 5.41) is 2.81. The maximum atomic E-state index is 11.1. The molecule has 1 amide bonds. The lowest BCUT2D eigenvalue weighted by Gasteiger charge is -2.02. The van der Waals surface area contributed by atoms with Crippen molar-refractivity contribution in [2.24, 2.45) is 0 Å². The third kappa shape index (κ3) is 13.1. The number of unbranched alkanes of at least 4 members (excludes halogenated alkanes) is 8. The van der Waals surface area contributed by atoms with E-state index in [4.69, 9.17) is 0 Å². The standard InChI is InChI=1S/C14H27NO2/c1-2-15-14(17)12-10-8-6-4-3-5-7-9-11-13-16/h13H,2-12H2,1H3,(H,15,17).